The number of nitrogens with two attached hydrogens (primary N) is 1. The van der Waals surface area contributed by atoms with Crippen molar-refractivity contribution in [1.82, 2.24) is 0 Å². The lowest BCUT2D eigenvalue weighted by Crippen LogP contribution is -2.33. The average Bonchev–Trinajstić information content (AvgIpc) is 2.25. The van der Waals surface area contributed by atoms with E-state index in [2.05, 4.69) is 6.92 Å². The van der Waals surface area contributed by atoms with E-state index in [0.29, 0.717) is 12.0 Å². The van der Waals surface area contributed by atoms with Crippen LogP contribution in [0, 0.1) is 5.92 Å². The monoisotopic (exact) mass is 199 g/mol. The number of rotatable bonds is 6. The SMILES string of the molecule is CCCCCOC1CCCCC1CN. The molecule has 0 aromatic carbocycles. The first-order valence-electron chi connectivity index (χ1n) is 6.20. The number of unbranched alkanes of at least 4 members (excludes halogenated alkanes) is 2. The van der Waals surface area contributed by atoms with Crippen LogP contribution in [0.2, 0.25) is 0 Å². The van der Waals surface area contributed by atoms with Crippen LogP contribution in [0.1, 0.15) is 51.9 Å². The summed E-state index contributed by atoms with van der Waals surface area (Å²) < 4.78 is 5.91. The summed E-state index contributed by atoms with van der Waals surface area (Å²) in [5.74, 6) is 0.630. The van der Waals surface area contributed by atoms with Crippen molar-refractivity contribution in [3.8, 4) is 0 Å². The first kappa shape index (κ1) is 12.0. The molecule has 0 radical (unpaired) electrons. The van der Waals surface area contributed by atoms with Crippen LogP contribution in [-0.2, 0) is 4.74 Å². The Morgan fingerprint density at radius 1 is 1.21 bits per heavy atom. The van der Waals surface area contributed by atoms with E-state index in [1.807, 2.05) is 0 Å². The Morgan fingerprint density at radius 2 is 2.00 bits per heavy atom. The molecule has 14 heavy (non-hydrogen) atoms. The van der Waals surface area contributed by atoms with Crippen molar-refractivity contribution in [2.45, 2.75) is 58.0 Å². The second-order valence-corrected chi connectivity index (χ2v) is 4.40. The summed E-state index contributed by atoms with van der Waals surface area (Å²) in [4.78, 5) is 0. The predicted molar refractivity (Wildman–Crippen MR) is 60.3 cm³/mol. The third-order valence-electron chi connectivity index (χ3n) is 3.22. The Morgan fingerprint density at radius 3 is 2.71 bits per heavy atom. The molecule has 0 amide bonds. The fraction of sp³-hybridized carbons (Fsp3) is 1.00. The van der Waals surface area contributed by atoms with Crippen LogP contribution in [0.4, 0.5) is 0 Å². The Labute approximate surface area is 88.2 Å². The van der Waals surface area contributed by atoms with Gasteiger partial charge in [-0.3, -0.25) is 0 Å². The van der Waals surface area contributed by atoms with Gasteiger partial charge in [-0.25, -0.2) is 0 Å². The molecule has 84 valence electrons. The summed E-state index contributed by atoms with van der Waals surface area (Å²) in [5, 5.41) is 0. The molecule has 0 aliphatic heterocycles. The van der Waals surface area contributed by atoms with Gasteiger partial charge in [0.05, 0.1) is 6.10 Å². The highest BCUT2D eigenvalue weighted by molar-refractivity contribution is 4.76. The summed E-state index contributed by atoms with van der Waals surface area (Å²) in [6.45, 7) is 3.97. The van der Waals surface area contributed by atoms with Crippen LogP contribution in [0.15, 0.2) is 0 Å². The molecule has 1 aliphatic rings. The summed E-state index contributed by atoms with van der Waals surface area (Å²) in [7, 11) is 0. The Balaban J connectivity index is 2.13. The molecule has 0 aromatic rings. The molecule has 2 heteroatoms. The molecule has 1 fully saturated rings. The maximum atomic E-state index is 5.91. The van der Waals surface area contributed by atoms with E-state index >= 15 is 0 Å². The van der Waals surface area contributed by atoms with E-state index in [0.717, 1.165) is 13.2 Å². The minimum atomic E-state index is 0.464. The molecule has 0 aromatic heterocycles. The van der Waals surface area contributed by atoms with Crippen molar-refractivity contribution in [2.24, 2.45) is 11.7 Å². The molecule has 2 unspecified atom stereocenters. The second kappa shape index (κ2) is 7.24. The van der Waals surface area contributed by atoms with Crippen molar-refractivity contribution in [1.29, 1.82) is 0 Å². The maximum absolute atomic E-state index is 5.91. The minimum absolute atomic E-state index is 0.464. The number of hydrogen-bond acceptors (Lipinski definition) is 2. The van der Waals surface area contributed by atoms with E-state index in [1.54, 1.807) is 0 Å². The fourth-order valence-corrected chi connectivity index (χ4v) is 2.25. The molecule has 1 rings (SSSR count). The molecule has 0 heterocycles. The van der Waals surface area contributed by atoms with Crippen LogP contribution >= 0.6 is 0 Å². The summed E-state index contributed by atoms with van der Waals surface area (Å²) in [5.41, 5.74) is 5.74. The number of hydrogen-bond donors (Lipinski definition) is 1. The molecule has 1 saturated carbocycles. The first-order valence-corrected chi connectivity index (χ1v) is 6.20. The van der Waals surface area contributed by atoms with Gasteiger partial charge >= 0.3 is 0 Å². The summed E-state index contributed by atoms with van der Waals surface area (Å²) in [6, 6.07) is 0. The van der Waals surface area contributed by atoms with Crippen molar-refractivity contribution < 1.29 is 4.74 Å². The standard InChI is InChI=1S/C12H25NO/c1-2-3-6-9-14-12-8-5-4-7-11(12)10-13/h11-12H,2-10,13H2,1H3. The largest absolute Gasteiger partial charge is 0.378 e. The van der Waals surface area contributed by atoms with Gasteiger partial charge in [0.15, 0.2) is 0 Å². The van der Waals surface area contributed by atoms with Gasteiger partial charge in [0, 0.05) is 6.61 Å². The number of ether oxygens (including phenoxy) is 1. The molecule has 0 bridgehead atoms. The van der Waals surface area contributed by atoms with Crippen LogP contribution in [0.5, 0.6) is 0 Å². The highest BCUT2D eigenvalue weighted by Gasteiger charge is 2.23. The zero-order valence-corrected chi connectivity index (χ0v) is 9.50. The van der Waals surface area contributed by atoms with Crippen LogP contribution < -0.4 is 5.73 Å². The second-order valence-electron chi connectivity index (χ2n) is 4.40. The van der Waals surface area contributed by atoms with Crippen LogP contribution in [-0.4, -0.2) is 19.3 Å². The van der Waals surface area contributed by atoms with E-state index in [1.165, 1.54) is 44.9 Å². The Bertz CT molecular complexity index is 138. The van der Waals surface area contributed by atoms with Gasteiger partial charge in [-0.1, -0.05) is 32.6 Å². The van der Waals surface area contributed by atoms with Gasteiger partial charge in [-0.05, 0) is 31.7 Å². The normalized spacial score (nSPS) is 27.9. The molecule has 1 aliphatic carbocycles. The molecule has 2 atom stereocenters. The van der Waals surface area contributed by atoms with E-state index in [9.17, 15) is 0 Å². The summed E-state index contributed by atoms with van der Waals surface area (Å²) >= 11 is 0. The maximum Gasteiger partial charge on any atom is 0.0615 e. The van der Waals surface area contributed by atoms with Gasteiger partial charge in [-0.2, -0.15) is 0 Å². The topological polar surface area (TPSA) is 35.2 Å². The quantitative estimate of drug-likeness (QED) is 0.668. The van der Waals surface area contributed by atoms with Crippen LogP contribution in [0.25, 0.3) is 0 Å². The lowest BCUT2D eigenvalue weighted by Gasteiger charge is -2.30. The first-order chi connectivity index (χ1) is 6.88. The minimum Gasteiger partial charge on any atom is -0.378 e. The van der Waals surface area contributed by atoms with E-state index in [4.69, 9.17) is 10.5 Å². The molecule has 0 spiro atoms. The third kappa shape index (κ3) is 3.97. The highest BCUT2D eigenvalue weighted by Crippen LogP contribution is 2.26. The molecular formula is C12H25NO. The highest BCUT2D eigenvalue weighted by atomic mass is 16.5. The molecule has 0 saturated heterocycles. The molecular weight excluding hydrogens is 174 g/mol. The Kier molecular flexibility index (Phi) is 6.20. The lowest BCUT2D eigenvalue weighted by molar-refractivity contribution is -0.00937. The smallest absolute Gasteiger partial charge is 0.0615 e. The summed E-state index contributed by atoms with van der Waals surface area (Å²) in [6.07, 6.45) is 9.42. The Hall–Kier alpha value is -0.0800. The lowest BCUT2D eigenvalue weighted by atomic mass is 9.86. The van der Waals surface area contributed by atoms with Crippen molar-refractivity contribution in [3.63, 3.8) is 0 Å². The van der Waals surface area contributed by atoms with Crippen LogP contribution in [0.3, 0.4) is 0 Å². The van der Waals surface area contributed by atoms with Crippen molar-refractivity contribution in [3.05, 3.63) is 0 Å². The van der Waals surface area contributed by atoms with E-state index < -0.39 is 0 Å². The molecule has 2 nitrogen and oxygen atoms in total. The average molecular weight is 199 g/mol. The van der Waals surface area contributed by atoms with Crippen molar-refractivity contribution >= 4 is 0 Å². The van der Waals surface area contributed by atoms with E-state index in [-0.39, 0.29) is 0 Å². The van der Waals surface area contributed by atoms with Crippen molar-refractivity contribution in [2.75, 3.05) is 13.2 Å². The molecule has 2 N–H and O–H groups in total. The van der Waals surface area contributed by atoms with Gasteiger partial charge in [0.2, 0.25) is 0 Å². The van der Waals surface area contributed by atoms with Gasteiger partial charge < -0.3 is 10.5 Å². The zero-order valence-electron chi connectivity index (χ0n) is 9.50. The third-order valence-corrected chi connectivity index (χ3v) is 3.22. The van der Waals surface area contributed by atoms with Gasteiger partial charge in [0.1, 0.15) is 0 Å². The van der Waals surface area contributed by atoms with Gasteiger partial charge in [0.25, 0.3) is 0 Å². The fourth-order valence-electron chi connectivity index (χ4n) is 2.25. The predicted octanol–water partition coefficient (Wildman–Crippen LogP) is 2.71. The zero-order chi connectivity index (χ0) is 10.2. The van der Waals surface area contributed by atoms with Gasteiger partial charge in [-0.15, -0.1) is 0 Å².